The molecule has 2 rings (SSSR count). The molecule has 15 heavy (non-hydrogen) atoms. The van der Waals surface area contributed by atoms with E-state index in [0.717, 1.165) is 11.3 Å². The maximum absolute atomic E-state index is 11.9. The Bertz CT molecular complexity index is 420. The van der Waals surface area contributed by atoms with Crippen molar-refractivity contribution in [1.82, 2.24) is 0 Å². The Morgan fingerprint density at radius 3 is 2.73 bits per heavy atom. The van der Waals surface area contributed by atoms with Crippen LogP contribution in [0.3, 0.4) is 0 Å². The van der Waals surface area contributed by atoms with Crippen molar-refractivity contribution >= 4 is 11.6 Å². The quantitative estimate of drug-likeness (QED) is 0.732. The van der Waals surface area contributed by atoms with Crippen LogP contribution in [0.1, 0.15) is 25.3 Å². The first-order valence-corrected chi connectivity index (χ1v) is 5.09. The van der Waals surface area contributed by atoms with Gasteiger partial charge in [-0.05, 0) is 17.0 Å². The van der Waals surface area contributed by atoms with Crippen LogP contribution in [0.2, 0.25) is 0 Å². The van der Waals surface area contributed by atoms with Crippen molar-refractivity contribution in [3.8, 4) is 0 Å². The van der Waals surface area contributed by atoms with Crippen molar-refractivity contribution < 1.29 is 4.79 Å². The van der Waals surface area contributed by atoms with Crippen molar-refractivity contribution in [3.05, 3.63) is 42.5 Å². The van der Waals surface area contributed by atoms with Crippen molar-refractivity contribution in [1.29, 1.82) is 0 Å². The molecule has 1 aromatic carbocycles. The Kier molecular flexibility index (Phi) is 2.14. The molecule has 1 heterocycles. The third kappa shape index (κ3) is 1.46. The van der Waals surface area contributed by atoms with Crippen LogP contribution in [0.15, 0.2) is 36.9 Å². The summed E-state index contributed by atoms with van der Waals surface area (Å²) in [7, 11) is 0. The fourth-order valence-electron chi connectivity index (χ4n) is 2.07. The van der Waals surface area contributed by atoms with Crippen LogP contribution in [0.4, 0.5) is 5.69 Å². The Morgan fingerprint density at radius 1 is 1.40 bits per heavy atom. The lowest BCUT2D eigenvalue weighted by Crippen LogP contribution is -2.26. The smallest absolute Gasteiger partial charge is 0.232 e. The minimum atomic E-state index is -0.212. The van der Waals surface area contributed by atoms with E-state index in [4.69, 9.17) is 0 Å². The first-order valence-electron chi connectivity index (χ1n) is 5.09. The van der Waals surface area contributed by atoms with Gasteiger partial charge in [0.05, 0.1) is 5.92 Å². The number of hydrogen-bond donors (Lipinski definition) is 1. The Balaban J connectivity index is 2.51. The monoisotopic (exact) mass is 201 g/mol. The third-order valence-electron chi connectivity index (χ3n) is 3.06. The average molecular weight is 201 g/mol. The Labute approximate surface area is 90.0 Å². The van der Waals surface area contributed by atoms with Gasteiger partial charge in [-0.1, -0.05) is 38.1 Å². The lowest BCUT2D eigenvalue weighted by atomic mass is 9.76. The Hall–Kier alpha value is -1.57. The number of nitrogens with one attached hydrogen (secondary N) is 1. The molecule has 0 saturated carbocycles. The Morgan fingerprint density at radius 2 is 2.07 bits per heavy atom. The van der Waals surface area contributed by atoms with Gasteiger partial charge in [-0.15, -0.1) is 6.58 Å². The summed E-state index contributed by atoms with van der Waals surface area (Å²) in [5.74, 6) is -0.0488. The molecule has 1 aliphatic heterocycles. The number of rotatable bonds is 2. The van der Waals surface area contributed by atoms with Gasteiger partial charge in [-0.3, -0.25) is 4.79 Å². The van der Waals surface area contributed by atoms with Gasteiger partial charge in [0.2, 0.25) is 5.91 Å². The topological polar surface area (TPSA) is 29.1 Å². The largest absolute Gasteiger partial charge is 0.325 e. The zero-order valence-corrected chi connectivity index (χ0v) is 9.08. The van der Waals surface area contributed by atoms with Crippen molar-refractivity contribution in [2.45, 2.75) is 19.8 Å². The predicted octanol–water partition coefficient (Wildman–Crippen LogP) is 2.93. The highest BCUT2D eigenvalue weighted by Crippen LogP contribution is 2.44. The van der Waals surface area contributed by atoms with Crippen LogP contribution in [-0.4, -0.2) is 5.91 Å². The molecule has 2 nitrogen and oxygen atoms in total. The molecule has 0 fully saturated rings. The number of benzene rings is 1. The predicted molar refractivity (Wildman–Crippen MR) is 61.8 cm³/mol. The minimum absolute atomic E-state index is 0.0705. The molecule has 2 heteroatoms. The normalized spacial score (nSPS) is 19.6. The molecular weight excluding hydrogens is 186 g/mol. The molecular formula is C13H15NO. The lowest BCUT2D eigenvalue weighted by molar-refractivity contribution is -0.118. The molecule has 78 valence electrons. The number of fused-ring (bicyclic) bond motifs is 1. The molecule has 0 radical (unpaired) electrons. The second-order valence-electron chi connectivity index (χ2n) is 4.54. The molecule has 1 amide bonds. The SMILES string of the molecule is C=CC(C)(C)[C@H]1C(=O)Nc2ccccc21. The van der Waals surface area contributed by atoms with Crippen LogP contribution >= 0.6 is 0 Å². The first kappa shape index (κ1) is 9.97. The van der Waals surface area contributed by atoms with Crippen molar-refractivity contribution in [2.75, 3.05) is 5.32 Å². The standard InChI is InChI=1S/C13H15NO/c1-4-13(2,3)11-9-7-5-6-8-10(9)14-12(11)15/h4-8,11H,1H2,2-3H3,(H,14,15)/t11-/m1/s1. The van der Waals surface area contributed by atoms with Crippen molar-refractivity contribution in [2.24, 2.45) is 5.41 Å². The van der Waals surface area contributed by atoms with E-state index >= 15 is 0 Å². The van der Waals surface area contributed by atoms with E-state index < -0.39 is 0 Å². The highest BCUT2D eigenvalue weighted by Gasteiger charge is 2.39. The molecule has 0 unspecified atom stereocenters. The van der Waals surface area contributed by atoms with Gasteiger partial charge in [0.15, 0.2) is 0 Å². The maximum atomic E-state index is 11.9. The molecule has 1 N–H and O–H groups in total. The minimum Gasteiger partial charge on any atom is -0.325 e. The van der Waals surface area contributed by atoms with Crippen molar-refractivity contribution in [3.63, 3.8) is 0 Å². The molecule has 1 atom stereocenters. The fraction of sp³-hybridized carbons (Fsp3) is 0.308. The van der Waals surface area contributed by atoms with Crippen LogP contribution in [-0.2, 0) is 4.79 Å². The summed E-state index contributed by atoms with van der Waals surface area (Å²) in [4.78, 5) is 11.9. The average Bonchev–Trinajstić information content (AvgIpc) is 2.54. The van der Waals surface area contributed by atoms with Crippen LogP contribution in [0.5, 0.6) is 0 Å². The number of anilines is 1. The van der Waals surface area contributed by atoms with E-state index in [1.165, 1.54) is 0 Å². The zero-order chi connectivity index (χ0) is 11.1. The number of carbonyl (C=O) groups is 1. The highest BCUT2D eigenvalue weighted by molar-refractivity contribution is 6.03. The molecule has 1 aliphatic rings. The van der Waals surface area contributed by atoms with Gasteiger partial charge in [-0.2, -0.15) is 0 Å². The van der Waals surface area contributed by atoms with Crippen LogP contribution in [0, 0.1) is 5.41 Å². The first-order chi connectivity index (χ1) is 7.06. The summed E-state index contributed by atoms with van der Waals surface area (Å²) in [6, 6.07) is 7.84. The van der Waals surface area contributed by atoms with Gasteiger partial charge >= 0.3 is 0 Å². The summed E-state index contributed by atoms with van der Waals surface area (Å²) in [6.07, 6.45) is 1.85. The van der Waals surface area contributed by atoms with Gasteiger partial charge in [0.1, 0.15) is 0 Å². The molecule has 0 aliphatic carbocycles. The van der Waals surface area contributed by atoms with E-state index in [1.54, 1.807) is 0 Å². The van der Waals surface area contributed by atoms with E-state index in [2.05, 4.69) is 11.9 Å². The highest BCUT2D eigenvalue weighted by atomic mass is 16.2. The number of carbonyl (C=O) groups excluding carboxylic acids is 1. The molecule has 0 saturated heterocycles. The second-order valence-corrected chi connectivity index (χ2v) is 4.54. The third-order valence-corrected chi connectivity index (χ3v) is 3.06. The lowest BCUT2D eigenvalue weighted by Gasteiger charge is -2.26. The molecule has 1 aromatic rings. The summed E-state index contributed by atoms with van der Waals surface area (Å²) in [6.45, 7) is 7.87. The second kappa shape index (κ2) is 3.23. The summed E-state index contributed by atoms with van der Waals surface area (Å²) >= 11 is 0. The fourth-order valence-corrected chi connectivity index (χ4v) is 2.07. The van der Waals surface area contributed by atoms with Gasteiger partial charge < -0.3 is 5.32 Å². The summed E-state index contributed by atoms with van der Waals surface area (Å²) in [5, 5.41) is 2.90. The van der Waals surface area contributed by atoms with Crippen LogP contribution < -0.4 is 5.32 Å². The summed E-state index contributed by atoms with van der Waals surface area (Å²) < 4.78 is 0. The number of allylic oxidation sites excluding steroid dienone is 1. The van der Waals surface area contributed by atoms with Gasteiger partial charge in [-0.25, -0.2) is 0 Å². The van der Waals surface area contributed by atoms with E-state index in [-0.39, 0.29) is 17.2 Å². The molecule has 0 aromatic heterocycles. The zero-order valence-electron chi connectivity index (χ0n) is 9.08. The van der Waals surface area contributed by atoms with E-state index in [0.29, 0.717) is 0 Å². The maximum Gasteiger partial charge on any atom is 0.232 e. The molecule has 0 spiro atoms. The van der Waals surface area contributed by atoms with Gasteiger partial charge in [0.25, 0.3) is 0 Å². The van der Waals surface area contributed by atoms with Crippen LogP contribution in [0.25, 0.3) is 0 Å². The summed E-state index contributed by atoms with van der Waals surface area (Å²) in [5.41, 5.74) is 1.80. The van der Waals surface area contributed by atoms with Gasteiger partial charge in [0, 0.05) is 5.69 Å². The molecule has 0 bridgehead atoms. The van der Waals surface area contributed by atoms with E-state index in [1.807, 2.05) is 44.2 Å². The number of hydrogen-bond acceptors (Lipinski definition) is 1. The number of amides is 1. The number of para-hydroxylation sites is 1. The van der Waals surface area contributed by atoms with E-state index in [9.17, 15) is 4.79 Å².